The fourth-order valence-electron chi connectivity index (χ4n) is 7.96. The quantitative estimate of drug-likeness (QED) is 0.0323. The largest absolute Gasteiger partial charge is 0.462 e. The van der Waals surface area contributed by atoms with Crippen molar-refractivity contribution in [2.24, 2.45) is 0 Å². The highest BCUT2D eigenvalue weighted by atomic mass is 16.5. The highest BCUT2D eigenvalue weighted by Gasteiger charge is 2.24. The minimum absolute atomic E-state index is 0.0812. The van der Waals surface area contributed by atoms with E-state index >= 15 is 0 Å². The van der Waals surface area contributed by atoms with Crippen molar-refractivity contribution in [3.05, 3.63) is 12.2 Å². The molecule has 0 radical (unpaired) electrons. The molecule has 0 saturated heterocycles. The maximum absolute atomic E-state index is 13.2. The number of hydrogen-bond donors (Lipinski definition) is 3. The number of aliphatic hydroxyl groups is 2. The molecule has 0 bridgehead atoms. The van der Waals surface area contributed by atoms with Crippen molar-refractivity contribution >= 4 is 11.9 Å². The molecule has 3 unspecified atom stereocenters. The van der Waals surface area contributed by atoms with Gasteiger partial charge in [0.1, 0.15) is 6.10 Å². The smallest absolute Gasteiger partial charge is 0.306 e. The molecule has 6 heteroatoms. The maximum Gasteiger partial charge on any atom is 0.306 e. The Hall–Kier alpha value is -1.40. The number of carbonyl (C=O) groups is 2. The van der Waals surface area contributed by atoms with Crippen molar-refractivity contribution in [2.75, 3.05) is 6.61 Å². The first-order chi connectivity index (χ1) is 28.0. The number of aliphatic hydroxyl groups excluding tert-OH is 2. The van der Waals surface area contributed by atoms with E-state index in [1.54, 1.807) is 0 Å². The molecule has 0 saturated carbocycles. The van der Waals surface area contributed by atoms with Crippen LogP contribution >= 0.6 is 0 Å². The predicted octanol–water partition coefficient (Wildman–Crippen LogP) is 15.0. The van der Waals surface area contributed by atoms with Crippen LogP contribution in [0.2, 0.25) is 0 Å². The zero-order chi connectivity index (χ0) is 41.7. The molecule has 0 spiro atoms. The summed E-state index contributed by atoms with van der Waals surface area (Å²) in [5.41, 5.74) is 0. The Bertz CT molecular complexity index is 863. The Balaban J connectivity index is 4.53. The summed E-state index contributed by atoms with van der Waals surface area (Å²) in [5.74, 6) is -0.469. The lowest BCUT2D eigenvalue weighted by atomic mass is 10.0. The molecule has 3 atom stereocenters. The van der Waals surface area contributed by atoms with E-state index in [9.17, 15) is 19.8 Å². The molecular formula is C51H99NO5. The Morgan fingerprint density at radius 2 is 0.842 bits per heavy atom. The number of rotatable bonds is 46. The van der Waals surface area contributed by atoms with E-state index in [2.05, 4.69) is 38.2 Å². The van der Waals surface area contributed by atoms with Crippen LogP contribution in [-0.2, 0) is 14.3 Å². The van der Waals surface area contributed by atoms with Crippen LogP contribution < -0.4 is 5.32 Å². The number of allylic oxidation sites excluding steroid dienone is 2. The van der Waals surface area contributed by atoms with Gasteiger partial charge >= 0.3 is 5.97 Å². The van der Waals surface area contributed by atoms with Gasteiger partial charge in [0, 0.05) is 6.42 Å². The van der Waals surface area contributed by atoms with Crippen LogP contribution in [0.4, 0.5) is 0 Å². The van der Waals surface area contributed by atoms with Gasteiger partial charge in [0.05, 0.1) is 25.2 Å². The van der Waals surface area contributed by atoms with Crippen LogP contribution in [0.1, 0.15) is 278 Å². The van der Waals surface area contributed by atoms with Crippen LogP contribution in [0.15, 0.2) is 12.2 Å². The molecule has 0 fully saturated rings. The minimum Gasteiger partial charge on any atom is -0.462 e. The Morgan fingerprint density at radius 1 is 0.491 bits per heavy atom. The van der Waals surface area contributed by atoms with Gasteiger partial charge in [-0.05, 0) is 51.4 Å². The maximum atomic E-state index is 13.2. The molecule has 0 rings (SSSR count). The Labute approximate surface area is 355 Å². The third-order valence-electron chi connectivity index (χ3n) is 11.8. The van der Waals surface area contributed by atoms with E-state index in [-0.39, 0.29) is 24.9 Å². The monoisotopic (exact) mass is 806 g/mol. The molecule has 57 heavy (non-hydrogen) atoms. The van der Waals surface area contributed by atoms with Gasteiger partial charge in [-0.3, -0.25) is 9.59 Å². The molecule has 0 aliphatic heterocycles. The molecule has 0 aliphatic rings. The van der Waals surface area contributed by atoms with Crippen LogP contribution in [0.3, 0.4) is 0 Å². The van der Waals surface area contributed by atoms with Crippen molar-refractivity contribution in [1.82, 2.24) is 5.32 Å². The van der Waals surface area contributed by atoms with E-state index in [0.717, 1.165) is 57.8 Å². The SMILES string of the molecule is CCCCC/C=C\CCCCCCCC(=O)OC(CCCCCCCCCCCCCCCCCCC)CC(=O)NC(CO)C(O)CCCCCCCCCCC. The van der Waals surface area contributed by atoms with Gasteiger partial charge in [0.15, 0.2) is 0 Å². The summed E-state index contributed by atoms with van der Waals surface area (Å²) < 4.78 is 5.92. The van der Waals surface area contributed by atoms with E-state index in [0.29, 0.717) is 19.3 Å². The van der Waals surface area contributed by atoms with Gasteiger partial charge in [-0.15, -0.1) is 0 Å². The topological polar surface area (TPSA) is 95.9 Å². The summed E-state index contributed by atoms with van der Waals surface area (Å²) in [6.07, 6.45) is 49.9. The fraction of sp³-hybridized carbons (Fsp3) is 0.922. The average Bonchev–Trinajstić information content (AvgIpc) is 3.20. The minimum atomic E-state index is -0.781. The number of amides is 1. The number of unbranched alkanes of at least 4 members (excludes halogenated alkanes) is 32. The van der Waals surface area contributed by atoms with E-state index in [4.69, 9.17) is 4.74 Å². The van der Waals surface area contributed by atoms with Crippen molar-refractivity contribution in [3.63, 3.8) is 0 Å². The number of esters is 1. The first-order valence-electron chi connectivity index (χ1n) is 25.4. The summed E-state index contributed by atoms with van der Waals surface area (Å²) in [4.78, 5) is 26.1. The third-order valence-corrected chi connectivity index (χ3v) is 11.8. The Kier molecular flexibility index (Phi) is 44.6. The standard InChI is InChI=1S/C51H99NO5/c1-4-7-10-13-16-19-21-23-24-25-26-27-28-31-33-36-39-42-47(57-51(56)44-41-38-35-32-29-22-20-17-14-11-8-5-2)45-50(55)52-48(46-53)49(54)43-40-37-34-30-18-15-12-9-6-3/h17,20,47-49,53-54H,4-16,18-19,21-46H2,1-3H3,(H,52,55)/b20-17-. The molecule has 0 aromatic carbocycles. The molecule has 0 aromatic rings. The second-order valence-electron chi connectivity index (χ2n) is 17.6. The average molecular weight is 806 g/mol. The van der Waals surface area contributed by atoms with E-state index in [1.165, 1.54) is 173 Å². The first kappa shape index (κ1) is 55.6. The summed E-state index contributed by atoms with van der Waals surface area (Å²) in [6.45, 7) is 6.46. The van der Waals surface area contributed by atoms with Gasteiger partial charge in [0.25, 0.3) is 0 Å². The number of nitrogens with one attached hydrogen (secondary N) is 1. The summed E-state index contributed by atoms with van der Waals surface area (Å²) in [5, 5.41) is 23.7. The van der Waals surface area contributed by atoms with Crippen LogP contribution in [-0.4, -0.2) is 46.9 Å². The molecule has 6 nitrogen and oxygen atoms in total. The molecular weight excluding hydrogens is 707 g/mol. The Morgan fingerprint density at radius 3 is 1.28 bits per heavy atom. The van der Waals surface area contributed by atoms with E-state index in [1.807, 2.05) is 0 Å². The number of ether oxygens (including phenoxy) is 1. The molecule has 0 aliphatic carbocycles. The molecule has 0 aromatic heterocycles. The van der Waals surface area contributed by atoms with Crippen LogP contribution in [0, 0.1) is 0 Å². The van der Waals surface area contributed by atoms with Crippen LogP contribution in [0.5, 0.6) is 0 Å². The van der Waals surface area contributed by atoms with Crippen molar-refractivity contribution in [1.29, 1.82) is 0 Å². The molecule has 0 heterocycles. The van der Waals surface area contributed by atoms with Crippen molar-refractivity contribution < 1.29 is 24.5 Å². The van der Waals surface area contributed by atoms with E-state index < -0.39 is 18.2 Å². The second kappa shape index (κ2) is 45.7. The van der Waals surface area contributed by atoms with Gasteiger partial charge in [-0.2, -0.15) is 0 Å². The normalized spacial score (nSPS) is 13.3. The lowest BCUT2D eigenvalue weighted by Gasteiger charge is -2.24. The van der Waals surface area contributed by atoms with Gasteiger partial charge in [0.2, 0.25) is 5.91 Å². The lowest BCUT2D eigenvalue weighted by molar-refractivity contribution is -0.151. The lowest BCUT2D eigenvalue weighted by Crippen LogP contribution is -2.46. The number of carbonyl (C=O) groups excluding carboxylic acids is 2. The number of hydrogen-bond acceptors (Lipinski definition) is 5. The predicted molar refractivity (Wildman–Crippen MR) is 246 cm³/mol. The van der Waals surface area contributed by atoms with Crippen molar-refractivity contribution in [2.45, 2.75) is 296 Å². The van der Waals surface area contributed by atoms with Gasteiger partial charge < -0.3 is 20.3 Å². The van der Waals surface area contributed by atoms with Crippen molar-refractivity contribution in [3.8, 4) is 0 Å². The molecule has 1 amide bonds. The summed E-state index contributed by atoms with van der Waals surface area (Å²) >= 11 is 0. The van der Waals surface area contributed by atoms with Crippen LogP contribution in [0.25, 0.3) is 0 Å². The highest BCUT2D eigenvalue weighted by Crippen LogP contribution is 2.18. The van der Waals surface area contributed by atoms with Gasteiger partial charge in [-0.1, -0.05) is 226 Å². The highest BCUT2D eigenvalue weighted by molar-refractivity contribution is 5.77. The third kappa shape index (κ3) is 41.1. The zero-order valence-electron chi connectivity index (χ0n) is 38.5. The summed E-state index contributed by atoms with van der Waals surface area (Å²) in [6, 6.07) is -0.695. The molecule has 338 valence electrons. The van der Waals surface area contributed by atoms with Gasteiger partial charge in [-0.25, -0.2) is 0 Å². The first-order valence-corrected chi connectivity index (χ1v) is 25.4. The summed E-state index contributed by atoms with van der Waals surface area (Å²) in [7, 11) is 0. The fourth-order valence-corrected chi connectivity index (χ4v) is 7.96. The molecule has 3 N–H and O–H groups in total. The zero-order valence-corrected chi connectivity index (χ0v) is 38.5. The second-order valence-corrected chi connectivity index (χ2v) is 17.6.